The Bertz CT molecular complexity index is 581. The van der Waals surface area contributed by atoms with E-state index in [1.807, 2.05) is 0 Å². The van der Waals surface area contributed by atoms with Crippen molar-refractivity contribution in [2.45, 2.75) is 84.5 Å². The van der Waals surface area contributed by atoms with Crippen LogP contribution in [-0.4, -0.2) is 38.1 Å². The number of rotatable bonds is 12. The van der Waals surface area contributed by atoms with Gasteiger partial charge in [0.25, 0.3) is 5.91 Å². The lowest BCUT2D eigenvalue weighted by atomic mass is 9.97. The lowest BCUT2D eigenvalue weighted by Crippen LogP contribution is -2.40. The first-order valence-corrected chi connectivity index (χ1v) is 10.9. The van der Waals surface area contributed by atoms with E-state index < -0.39 is 12.6 Å². The lowest BCUT2D eigenvalue weighted by molar-refractivity contribution is -0.120. The van der Waals surface area contributed by atoms with E-state index in [-0.39, 0.29) is 12.4 Å². The predicted molar refractivity (Wildman–Crippen MR) is 112 cm³/mol. The maximum Gasteiger partial charge on any atom is 0.258 e. The van der Waals surface area contributed by atoms with E-state index in [2.05, 4.69) is 39.0 Å². The molecule has 1 aromatic rings. The number of para-hydroxylation sites is 1. The number of carbonyl (C=O) groups excluding carboxylic acids is 1. The molecule has 2 unspecified atom stereocenters. The van der Waals surface area contributed by atoms with Gasteiger partial charge in [0.1, 0.15) is 6.10 Å². The highest BCUT2D eigenvalue weighted by atomic mass is 19.1. The zero-order valence-corrected chi connectivity index (χ0v) is 17.7. The summed E-state index contributed by atoms with van der Waals surface area (Å²) in [6.07, 6.45) is 7.41. The van der Waals surface area contributed by atoms with Crippen molar-refractivity contribution in [1.29, 1.82) is 0 Å². The molecule has 1 fully saturated rings. The number of amides is 1. The molecule has 1 amide bonds. The number of benzene rings is 1. The SMILES string of the molecule is CCCCc1cccc(CCCC)c1N(CC1COC(CCC)O1)C(=O)CF. The molecule has 1 aromatic carbocycles. The molecule has 0 radical (unpaired) electrons. The molecule has 0 aromatic heterocycles. The van der Waals surface area contributed by atoms with Crippen LogP contribution in [0.4, 0.5) is 10.1 Å². The predicted octanol–water partition coefficient (Wildman–Crippen LogP) is 5.22. The van der Waals surface area contributed by atoms with Crippen molar-refractivity contribution in [1.82, 2.24) is 0 Å². The molecule has 0 saturated carbocycles. The van der Waals surface area contributed by atoms with Crippen LogP contribution < -0.4 is 4.90 Å². The Labute approximate surface area is 169 Å². The van der Waals surface area contributed by atoms with Crippen molar-refractivity contribution in [3.63, 3.8) is 0 Å². The normalized spacial score (nSPS) is 19.1. The van der Waals surface area contributed by atoms with Gasteiger partial charge < -0.3 is 14.4 Å². The number of anilines is 1. The van der Waals surface area contributed by atoms with Gasteiger partial charge in [0, 0.05) is 0 Å². The molecule has 4 nitrogen and oxygen atoms in total. The van der Waals surface area contributed by atoms with Gasteiger partial charge in [0.05, 0.1) is 18.8 Å². The fourth-order valence-corrected chi connectivity index (χ4v) is 3.71. The van der Waals surface area contributed by atoms with Gasteiger partial charge in [-0.3, -0.25) is 4.79 Å². The molecule has 158 valence electrons. The Kier molecular flexibility index (Phi) is 9.93. The molecule has 0 aliphatic carbocycles. The van der Waals surface area contributed by atoms with E-state index in [1.54, 1.807) is 4.90 Å². The van der Waals surface area contributed by atoms with E-state index in [9.17, 15) is 9.18 Å². The molecule has 5 heteroatoms. The van der Waals surface area contributed by atoms with E-state index in [1.165, 1.54) is 0 Å². The van der Waals surface area contributed by atoms with Crippen molar-refractivity contribution in [3.05, 3.63) is 29.3 Å². The van der Waals surface area contributed by atoms with Crippen molar-refractivity contribution in [2.24, 2.45) is 0 Å². The highest BCUT2D eigenvalue weighted by molar-refractivity contribution is 5.96. The number of ether oxygens (including phenoxy) is 2. The quantitative estimate of drug-likeness (QED) is 0.489. The van der Waals surface area contributed by atoms with Crippen LogP contribution in [0.2, 0.25) is 0 Å². The van der Waals surface area contributed by atoms with Crippen LogP contribution in [0.5, 0.6) is 0 Å². The molecular formula is C23H36FNO3. The Morgan fingerprint density at radius 3 is 2.29 bits per heavy atom. The number of hydrogen-bond acceptors (Lipinski definition) is 3. The second-order valence-corrected chi connectivity index (χ2v) is 7.58. The second-order valence-electron chi connectivity index (χ2n) is 7.58. The number of carbonyl (C=O) groups is 1. The van der Waals surface area contributed by atoms with Crippen molar-refractivity contribution in [2.75, 3.05) is 24.7 Å². The topological polar surface area (TPSA) is 38.8 Å². The zero-order chi connectivity index (χ0) is 20.4. The van der Waals surface area contributed by atoms with Crippen LogP contribution in [-0.2, 0) is 27.1 Å². The summed E-state index contributed by atoms with van der Waals surface area (Å²) in [5.74, 6) is -0.496. The van der Waals surface area contributed by atoms with Crippen LogP contribution >= 0.6 is 0 Å². The summed E-state index contributed by atoms with van der Waals surface area (Å²) in [5.41, 5.74) is 3.15. The fraction of sp³-hybridized carbons (Fsp3) is 0.696. The van der Waals surface area contributed by atoms with E-state index in [0.717, 1.165) is 68.2 Å². The highest BCUT2D eigenvalue weighted by Gasteiger charge is 2.31. The first-order valence-electron chi connectivity index (χ1n) is 10.9. The molecule has 2 atom stereocenters. The summed E-state index contributed by atoms with van der Waals surface area (Å²) in [6, 6.07) is 6.21. The fourth-order valence-electron chi connectivity index (χ4n) is 3.71. The number of nitrogens with zero attached hydrogens (tertiary/aromatic N) is 1. The molecule has 1 aliphatic rings. The van der Waals surface area contributed by atoms with Gasteiger partial charge >= 0.3 is 0 Å². The molecule has 1 saturated heterocycles. The van der Waals surface area contributed by atoms with Gasteiger partial charge in [-0.15, -0.1) is 0 Å². The maximum absolute atomic E-state index is 13.5. The third-order valence-corrected chi connectivity index (χ3v) is 5.21. The number of halogens is 1. The van der Waals surface area contributed by atoms with Crippen molar-refractivity contribution in [3.8, 4) is 0 Å². The summed E-state index contributed by atoms with van der Waals surface area (Å²) >= 11 is 0. The molecule has 1 heterocycles. The summed E-state index contributed by atoms with van der Waals surface area (Å²) in [6.45, 7) is 6.18. The molecule has 28 heavy (non-hydrogen) atoms. The second kappa shape index (κ2) is 12.2. The number of hydrogen-bond donors (Lipinski definition) is 0. The smallest absolute Gasteiger partial charge is 0.258 e. The summed E-state index contributed by atoms with van der Waals surface area (Å²) in [4.78, 5) is 14.2. The molecule has 2 rings (SSSR count). The summed E-state index contributed by atoms with van der Waals surface area (Å²) in [7, 11) is 0. The molecule has 0 spiro atoms. The minimum atomic E-state index is -0.999. The summed E-state index contributed by atoms with van der Waals surface area (Å²) in [5, 5.41) is 0. The average Bonchev–Trinajstić information content (AvgIpc) is 3.15. The Morgan fingerprint density at radius 1 is 1.11 bits per heavy atom. The van der Waals surface area contributed by atoms with Crippen LogP contribution in [0.15, 0.2) is 18.2 Å². The van der Waals surface area contributed by atoms with Crippen molar-refractivity contribution >= 4 is 11.6 Å². The van der Waals surface area contributed by atoms with Gasteiger partial charge in [-0.1, -0.05) is 58.2 Å². The third kappa shape index (κ3) is 6.28. The first kappa shape index (κ1) is 22.8. The van der Waals surface area contributed by atoms with Gasteiger partial charge in [-0.25, -0.2) is 4.39 Å². The van der Waals surface area contributed by atoms with Crippen LogP contribution in [0, 0.1) is 0 Å². The Balaban J connectivity index is 2.31. The van der Waals surface area contributed by atoms with Crippen LogP contribution in [0.1, 0.15) is 70.4 Å². The van der Waals surface area contributed by atoms with Gasteiger partial charge in [0.2, 0.25) is 0 Å². The van der Waals surface area contributed by atoms with Gasteiger partial charge in [0.15, 0.2) is 13.0 Å². The van der Waals surface area contributed by atoms with Crippen molar-refractivity contribution < 1.29 is 18.7 Å². The van der Waals surface area contributed by atoms with E-state index >= 15 is 0 Å². The van der Waals surface area contributed by atoms with Crippen LogP contribution in [0.25, 0.3) is 0 Å². The highest BCUT2D eigenvalue weighted by Crippen LogP contribution is 2.30. The van der Waals surface area contributed by atoms with Crippen LogP contribution in [0.3, 0.4) is 0 Å². The standard InChI is InChI=1S/C23H36FNO3/c1-4-7-11-18-13-9-14-19(12-8-5-2)23(18)25(21(26)15-24)16-20-17-27-22(28-20)10-6-3/h9,13-14,20,22H,4-8,10-12,15-17H2,1-3H3. The lowest BCUT2D eigenvalue weighted by Gasteiger charge is -2.29. The number of aryl methyl sites for hydroxylation is 2. The monoisotopic (exact) mass is 393 g/mol. The number of alkyl halides is 1. The first-order chi connectivity index (χ1) is 13.6. The average molecular weight is 394 g/mol. The Hall–Kier alpha value is -1.46. The Morgan fingerprint density at radius 2 is 1.75 bits per heavy atom. The maximum atomic E-state index is 13.5. The third-order valence-electron chi connectivity index (χ3n) is 5.21. The zero-order valence-electron chi connectivity index (χ0n) is 17.7. The minimum Gasteiger partial charge on any atom is -0.350 e. The minimum absolute atomic E-state index is 0.216. The largest absolute Gasteiger partial charge is 0.350 e. The number of unbranched alkanes of at least 4 members (excludes halogenated alkanes) is 2. The molecule has 0 bridgehead atoms. The molecule has 1 aliphatic heterocycles. The molecule has 0 N–H and O–H groups in total. The summed E-state index contributed by atoms with van der Waals surface area (Å²) < 4.78 is 25.1. The van der Waals surface area contributed by atoms with E-state index in [4.69, 9.17) is 9.47 Å². The van der Waals surface area contributed by atoms with E-state index in [0.29, 0.717) is 13.2 Å². The van der Waals surface area contributed by atoms with Gasteiger partial charge in [-0.05, 0) is 43.2 Å². The van der Waals surface area contributed by atoms with Gasteiger partial charge in [-0.2, -0.15) is 0 Å². The molecular weight excluding hydrogens is 357 g/mol.